The second-order valence-corrected chi connectivity index (χ2v) is 4.98. The highest BCUT2D eigenvalue weighted by Crippen LogP contribution is 2.27. The zero-order valence-electron chi connectivity index (χ0n) is 11.5. The van der Waals surface area contributed by atoms with Crippen LogP contribution in [-0.2, 0) is 0 Å². The molecule has 1 aliphatic rings. The van der Waals surface area contributed by atoms with Crippen LogP contribution in [0.4, 0.5) is 4.39 Å². The number of rotatable bonds is 4. The Hall–Kier alpha value is -1.87. The predicted molar refractivity (Wildman–Crippen MR) is 78.7 cm³/mol. The van der Waals surface area contributed by atoms with Gasteiger partial charge in [-0.05, 0) is 35.8 Å². The van der Waals surface area contributed by atoms with Crippen molar-refractivity contribution in [2.75, 3.05) is 0 Å². The second-order valence-electron chi connectivity index (χ2n) is 4.98. The van der Waals surface area contributed by atoms with Crippen molar-refractivity contribution in [1.82, 2.24) is 0 Å². The second kappa shape index (κ2) is 6.53. The number of aliphatic hydroxyl groups is 2. The monoisotopic (exact) mass is 274 g/mol. The van der Waals surface area contributed by atoms with Gasteiger partial charge in [-0.15, -0.1) is 0 Å². The van der Waals surface area contributed by atoms with E-state index in [1.165, 1.54) is 12.1 Å². The lowest BCUT2D eigenvalue weighted by Crippen LogP contribution is -2.16. The van der Waals surface area contributed by atoms with Gasteiger partial charge in [0.1, 0.15) is 11.6 Å². The third kappa shape index (κ3) is 3.58. The zero-order chi connectivity index (χ0) is 14.5. The lowest BCUT2D eigenvalue weighted by atomic mass is 9.91. The molecule has 0 spiro atoms. The highest BCUT2D eigenvalue weighted by Gasteiger charge is 2.19. The quantitative estimate of drug-likeness (QED) is 0.866. The van der Waals surface area contributed by atoms with Crippen LogP contribution in [0.25, 0.3) is 6.08 Å². The van der Waals surface area contributed by atoms with Crippen molar-refractivity contribution in [3.8, 4) is 0 Å². The molecule has 1 atom stereocenters. The largest absolute Gasteiger partial charge is 0.508 e. The smallest absolute Gasteiger partial charge is 0.123 e. The minimum Gasteiger partial charge on any atom is -0.508 e. The molecule has 3 heteroatoms. The van der Waals surface area contributed by atoms with Crippen LogP contribution in [0.2, 0.25) is 0 Å². The first-order chi connectivity index (χ1) is 9.60. The van der Waals surface area contributed by atoms with E-state index in [0.717, 1.165) is 17.6 Å². The molecule has 0 saturated heterocycles. The third-order valence-electron chi connectivity index (χ3n) is 3.36. The minimum atomic E-state index is -0.618. The van der Waals surface area contributed by atoms with Crippen LogP contribution < -0.4 is 0 Å². The summed E-state index contributed by atoms with van der Waals surface area (Å²) >= 11 is 0. The highest BCUT2D eigenvalue weighted by atomic mass is 19.1. The van der Waals surface area contributed by atoms with E-state index in [1.807, 2.05) is 19.1 Å². The molecule has 0 heterocycles. The first kappa shape index (κ1) is 14.5. The van der Waals surface area contributed by atoms with Crippen molar-refractivity contribution >= 4 is 6.08 Å². The van der Waals surface area contributed by atoms with Gasteiger partial charge in [-0.2, -0.15) is 0 Å². The molecule has 1 aliphatic carbocycles. The van der Waals surface area contributed by atoms with Crippen LogP contribution in [0.15, 0.2) is 53.3 Å². The van der Waals surface area contributed by atoms with Crippen molar-refractivity contribution < 1.29 is 14.6 Å². The molecule has 0 radical (unpaired) electrons. The molecule has 0 saturated carbocycles. The van der Waals surface area contributed by atoms with Crippen LogP contribution in [0.5, 0.6) is 0 Å². The molecular weight excluding hydrogens is 255 g/mol. The molecule has 1 aromatic rings. The molecular formula is C17H19FO2. The van der Waals surface area contributed by atoms with Crippen molar-refractivity contribution in [1.29, 1.82) is 0 Å². The minimum absolute atomic E-state index is 0.171. The molecule has 0 amide bonds. The van der Waals surface area contributed by atoms with Gasteiger partial charge in [0.15, 0.2) is 0 Å². The fraction of sp³-hybridized carbons (Fsp3) is 0.294. The van der Waals surface area contributed by atoms with E-state index in [2.05, 4.69) is 0 Å². The molecule has 0 aliphatic heterocycles. The number of benzene rings is 1. The Morgan fingerprint density at radius 3 is 2.55 bits per heavy atom. The summed E-state index contributed by atoms with van der Waals surface area (Å²) in [6.45, 7) is 2.01. The molecule has 0 fully saturated rings. The summed E-state index contributed by atoms with van der Waals surface area (Å²) < 4.78 is 12.8. The van der Waals surface area contributed by atoms with Gasteiger partial charge in [0.25, 0.3) is 0 Å². The standard InChI is InChI=1S/C17H19FO2/c1-2-3-15-16(19)10-13(11-17(15)20)5-4-12-6-8-14(18)9-7-12/h4-10,17,19-20H,2-3,11H2,1H3. The SMILES string of the molecule is CCCC1=C(O)C=C(C=Cc2ccc(F)cc2)CC1O. The lowest BCUT2D eigenvalue weighted by Gasteiger charge is -2.21. The Morgan fingerprint density at radius 1 is 1.25 bits per heavy atom. The summed E-state index contributed by atoms with van der Waals surface area (Å²) in [5, 5.41) is 20.0. The average molecular weight is 274 g/mol. The summed E-state index contributed by atoms with van der Waals surface area (Å²) in [4.78, 5) is 0. The van der Waals surface area contributed by atoms with Crippen molar-refractivity contribution in [2.45, 2.75) is 32.3 Å². The van der Waals surface area contributed by atoms with Gasteiger partial charge in [-0.1, -0.05) is 37.6 Å². The fourth-order valence-electron chi connectivity index (χ4n) is 2.30. The van der Waals surface area contributed by atoms with Crippen LogP contribution in [0.3, 0.4) is 0 Å². The number of aliphatic hydroxyl groups excluding tert-OH is 2. The maximum atomic E-state index is 12.8. The molecule has 1 aromatic carbocycles. The highest BCUT2D eigenvalue weighted by molar-refractivity contribution is 5.54. The Morgan fingerprint density at radius 2 is 1.95 bits per heavy atom. The fourth-order valence-corrected chi connectivity index (χ4v) is 2.30. The van der Waals surface area contributed by atoms with Crippen LogP contribution in [0, 0.1) is 5.82 Å². The first-order valence-electron chi connectivity index (χ1n) is 6.84. The average Bonchev–Trinajstić information content (AvgIpc) is 2.42. The van der Waals surface area contributed by atoms with E-state index in [0.29, 0.717) is 18.4 Å². The Labute approximate surface area is 118 Å². The van der Waals surface area contributed by atoms with Gasteiger partial charge in [0.05, 0.1) is 6.10 Å². The molecule has 2 nitrogen and oxygen atoms in total. The van der Waals surface area contributed by atoms with Crippen LogP contribution in [0.1, 0.15) is 31.7 Å². The normalized spacial score (nSPS) is 19.6. The van der Waals surface area contributed by atoms with E-state index in [4.69, 9.17) is 0 Å². The van der Waals surface area contributed by atoms with Crippen molar-refractivity contribution in [2.24, 2.45) is 0 Å². The van der Waals surface area contributed by atoms with E-state index >= 15 is 0 Å². The summed E-state index contributed by atoms with van der Waals surface area (Å²) in [5.74, 6) is -0.0939. The summed E-state index contributed by atoms with van der Waals surface area (Å²) in [7, 11) is 0. The lowest BCUT2D eigenvalue weighted by molar-refractivity contribution is 0.196. The van der Waals surface area contributed by atoms with Gasteiger partial charge < -0.3 is 10.2 Å². The Kier molecular flexibility index (Phi) is 4.74. The molecule has 0 aromatic heterocycles. The van der Waals surface area contributed by atoms with Crippen LogP contribution >= 0.6 is 0 Å². The van der Waals surface area contributed by atoms with E-state index in [-0.39, 0.29) is 11.6 Å². The summed E-state index contributed by atoms with van der Waals surface area (Å²) in [6.07, 6.45) is 6.86. The molecule has 20 heavy (non-hydrogen) atoms. The third-order valence-corrected chi connectivity index (χ3v) is 3.36. The molecule has 2 rings (SSSR count). The topological polar surface area (TPSA) is 40.5 Å². The van der Waals surface area contributed by atoms with E-state index < -0.39 is 6.10 Å². The molecule has 106 valence electrons. The van der Waals surface area contributed by atoms with Gasteiger partial charge in [-0.3, -0.25) is 0 Å². The van der Waals surface area contributed by atoms with Crippen molar-refractivity contribution in [3.05, 3.63) is 64.7 Å². The Balaban J connectivity index is 2.14. The van der Waals surface area contributed by atoms with E-state index in [1.54, 1.807) is 18.2 Å². The summed E-state index contributed by atoms with van der Waals surface area (Å²) in [6, 6.07) is 6.18. The molecule has 0 bridgehead atoms. The maximum absolute atomic E-state index is 12.8. The van der Waals surface area contributed by atoms with Gasteiger partial charge >= 0.3 is 0 Å². The summed E-state index contributed by atoms with van der Waals surface area (Å²) in [5.41, 5.74) is 2.45. The van der Waals surface area contributed by atoms with Gasteiger partial charge in [-0.25, -0.2) is 4.39 Å². The number of hydrogen-bond acceptors (Lipinski definition) is 2. The number of hydrogen-bond donors (Lipinski definition) is 2. The number of halogens is 1. The predicted octanol–water partition coefficient (Wildman–Crippen LogP) is 4.14. The van der Waals surface area contributed by atoms with Crippen LogP contribution in [-0.4, -0.2) is 16.3 Å². The van der Waals surface area contributed by atoms with Gasteiger partial charge in [0, 0.05) is 12.0 Å². The maximum Gasteiger partial charge on any atom is 0.123 e. The molecule has 2 N–H and O–H groups in total. The Bertz CT molecular complexity index is 553. The van der Waals surface area contributed by atoms with Crippen molar-refractivity contribution in [3.63, 3.8) is 0 Å². The van der Waals surface area contributed by atoms with E-state index in [9.17, 15) is 14.6 Å². The zero-order valence-corrected chi connectivity index (χ0v) is 11.5. The van der Waals surface area contributed by atoms with Gasteiger partial charge in [0.2, 0.25) is 0 Å². The first-order valence-corrected chi connectivity index (χ1v) is 6.84. The number of allylic oxidation sites excluding steroid dienone is 2. The molecule has 1 unspecified atom stereocenters.